The zero-order chi connectivity index (χ0) is 38.4. The van der Waals surface area contributed by atoms with Crippen LogP contribution >= 0.6 is 0 Å². The van der Waals surface area contributed by atoms with Gasteiger partial charge in [-0.1, -0.05) is 91.0 Å². The Kier molecular flexibility index (Phi) is 19.2. The lowest BCUT2D eigenvalue weighted by molar-refractivity contribution is -0.146. The Morgan fingerprint density at radius 2 is 0.759 bits per heavy atom. The molecule has 1 fully saturated rings. The quantitative estimate of drug-likeness (QED) is 0.119. The van der Waals surface area contributed by atoms with Crippen LogP contribution in [-0.4, -0.2) is 103 Å². The lowest BCUT2D eigenvalue weighted by Gasteiger charge is -2.37. The molecule has 0 aromatic heterocycles. The highest BCUT2D eigenvalue weighted by molar-refractivity contribution is 5.70. The molecule has 1 N–H and O–H groups in total. The summed E-state index contributed by atoms with van der Waals surface area (Å²) in [5.74, 6) is -0.535. The van der Waals surface area contributed by atoms with E-state index in [-0.39, 0.29) is 42.6 Å². The van der Waals surface area contributed by atoms with E-state index >= 15 is 0 Å². The Morgan fingerprint density at radius 3 is 1.06 bits per heavy atom. The summed E-state index contributed by atoms with van der Waals surface area (Å²) < 4.78 is 16.7. The van der Waals surface area contributed by atoms with E-state index in [1.165, 1.54) is 0 Å². The topological polar surface area (TPSA) is 101 Å². The first-order chi connectivity index (χ1) is 26.3. The Hall–Kier alpha value is -4.09. The minimum absolute atomic E-state index is 0.158. The summed E-state index contributed by atoms with van der Waals surface area (Å²) in [7, 11) is 0. The summed E-state index contributed by atoms with van der Waals surface area (Å²) in [6.45, 7) is 14.2. The second kappa shape index (κ2) is 24.3. The van der Waals surface area contributed by atoms with E-state index in [9.17, 15) is 14.4 Å². The minimum atomic E-state index is -0.185. The number of hydrogen-bond donors (Lipinski definition) is 1. The van der Waals surface area contributed by atoms with Gasteiger partial charge in [-0.2, -0.15) is 0 Å². The predicted molar refractivity (Wildman–Crippen MR) is 212 cm³/mol. The number of rotatable bonds is 18. The highest BCUT2D eigenvalue weighted by atomic mass is 16.5. The first kappa shape index (κ1) is 42.6. The monoisotopic (exact) mass is 742 g/mol. The van der Waals surface area contributed by atoms with Crippen molar-refractivity contribution in [2.75, 3.05) is 52.4 Å². The fourth-order valence-electron chi connectivity index (χ4n) is 6.70. The zero-order valence-electron chi connectivity index (χ0n) is 32.7. The number of nitrogens with one attached hydrogen (secondary N) is 1. The maximum atomic E-state index is 12.8. The molecular weight excluding hydrogens is 681 g/mol. The second-order valence-corrected chi connectivity index (χ2v) is 14.5. The smallest absolute Gasteiger partial charge is 0.306 e. The average molecular weight is 743 g/mol. The molecule has 3 aromatic rings. The van der Waals surface area contributed by atoms with Crippen molar-refractivity contribution in [1.29, 1.82) is 0 Å². The van der Waals surface area contributed by atoms with Gasteiger partial charge in [0.1, 0.15) is 19.8 Å². The predicted octanol–water partition coefficient (Wildman–Crippen LogP) is 6.23. The van der Waals surface area contributed by atoms with Gasteiger partial charge >= 0.3 is 17.9 Å². The van der Waals surface area contributed by atoms with Crippen LogP contribution in [0.25, 0.3) is 0 Å². The molecule has 1 aliphatic rings. The van der Waals surface area contributed by atoms with Gasteiger partial charge in [-0.05, 0) is 56.7 Å². The molecule has 1 saturated heterocycles. The number of esters is 3. The van der Waals surface area contributed by atoms with Crippen LogP contribution in [0.4, 0.5) is 0 Å². The van der Waals surface area contributed by atoms with Crippen LogP contribution in [-0.2, 0) is 48.4 Å². The van der Waals surface area contributed by atoms with Crippen molar-refractivity contribution < 1.29 is 28.6 Å². The number of ether oxygens (including phenoxy) is 3. The van der Waals surface area contributed by atoms with Crippen LogP contribution in [0.15, 0.2) is 91.0 Å². The zero-order valence-corrected chi connectivity index (χ0v) is 32.7. The fraction of sp³-hybridized carbons (Fsp3) is 0.523. The van der Waals surface area contributed by atoms with Crippen LogP contribution < -0.4 is 5.32 Å². The van der Waals surface area contributed by atoms with Crippen LogP contribution in [0.5, 0.6) is 0 Å². The van der Waals surface area contributed by atoms with Gasteiger partial charge in [0.15, 0.2) is 0 Å². The van der Waals surface area contributed by atoms with Crippen molar-refractivity contribution in [1.82, 2.24) is 20.0 Å². The lowest BCUT2D eigenvalue weighted by Crippen LogP contribution is -2.50. The van der Waals surface area contributed by atoms with Gasteiger partial charge in [-0.3, -0.25) is 29.1 Å². The molecule has 3 unspecified atom stereocenters. The summed E-state index contributed by atoms with van der Waals surface area (Å²) in [4.78, 5) is 45.5. The fourth-order valence-corrected chi connectivity index (χ4v) is 6.70. The molecule has 0 spiro atoms. The second-order valence-electron chi connectivity index (χ2n) is 14.5. The van der Waals surface area contributed by atoms with Crippen molar-refractivity contribution in [2.24, 2.45) is 0 Å². The van der Waals surface area contributed by atoms with Gasteiger partial charge < -0.3 is 19.5 Å². The third-order valence-electron chi connectivity index (χ3n) is 10.4. The molecular formula is C44H62N4O6. The van der Waals surface area contributed by atoms with Crippen molar-refractivity contribution in [3.63, 3.8) is 0 Å². The van der Waals surface area contributed by atoms with Crippen molar-refractivity contribution in [2.45, 2.75) is 97.2 Å². The molecule has 3 aromatic carbocycles. The number of nitrogens with zero attached hydrogens (tertiary/aromatic N) is 3. The van der Waals surface area contributed by atoms with Gasteiger partial charge in [0, 0.05) is 89.7 Å². The van der Waals surface area contributed by atoms with E-state index in [1.54, 1.807) is 0 Å². The first-order valence-electron chi connectivity index (χ1n) is 19.8. The molecule has 1 aliphatic heterocycles. The number of benzene rings is 3. The number of hydrogen-bond acceptors (Lipinski definition) is 10. The third-order valence-corrected chi connectivity index (χ3v) is 10.4. The Bertz CT molecular complexity index is 1420. The van der Waals surface area contributed by atoms with E-state index in [4.69, 9.17) is 14.2 Å². The van der Waals surface area contributed by atoms with E-state index in [0.717, 1.165) is 81.9 Å². The van der Waals surface area contributed by atoms with Gasteiger partial charge in [0.2, 0.25) is 0 Å². The van der Waals surface area contributed by atoms with Crippen LogP contribution in [0, 0.1) is 0 Å². The first-order valence-corrected chi connectivity index (χ1v) is 19.8. The molecule has 0 aliphatic carbocycles. The highest BCUT2D eigenvalue weighted by Gasteiger charge is 2.23. The minimum Gasteiger partial charge on any atom is -0.461 e. The maximum Gasteiger partial charge on any atom is 0.306 e. The van der Waals surface area contributed by atoms with Crippen LogP contribution in [0.3, 0.4) is 0 Å². The van der Waals surface area contributed by atoms with E-state index < -0.39 is 0 Å². The van der Waals surface area contributed by atoms with Crippen molar-refractivity contribution in [3.05, 3.63) is 108 Å². The third kappa shape index (κ3) is 16.5. The van der Waals surface area contributed by atoms with Gasteiger partial charge in [0.25, 0.3) is 0 Å². The molecule has 0 radical (unpaired) electrons. The maximum absolute atomic E-state index is 12.8. The molecule has 3 atom stereocenters. The van der Waals surface area contributed by atoms with Crippen molar-refractivity contribution in [3.8, 4) is 0 Å². The lowest BCUT2D eigenvalue weighted by atomic mass is 10.1. The molecule has 4 rings (SSSR count). The Balaban J connectivity index is 1.32. The Labute approximate surface area is 323 Å². The molecule has 10 heteroatoms. The molecule has 0 bridgehead atoms. The normalized spacial score (nSPS) is 16.9. The molecule has 0 saturated carbocycles. The van der Waals surface area contributed by atoms with Crippen LogP contribution in [0.2, 0.25) is 0 Å². The number of carbonyl (C=O) groups excluding carboxylic acids is 3. The molecule has 0 amide bonds. The average Bonchev–Trinajstić information content (AvgIpc) is 3.20. The molecule has 1 heterocycles. The van der Waals surface area contributed by atoms with Crippen molar-refractivity contribution >= 4 is 17.9 Å². The van der Waals surface area contributed by atoms with E-state index in [1.807, 2.05) is 91.0 Å². The van der Waals surface area contributed by atoms with Gasteiger partial charge in [-0.15, -0.1) is 0 Å². The molecule has 54 heavy (non-hydrogen) atoms. The Morgan fingerprint density at radius 1 is 0.481 bits per heavy atom. The summed E-state index contributed by atoms with van der Waals surface area (Å²) in [6, 6.07) is 29.9. The highest BCUT2D eigenvalue weighted by Crippen LogP contribution is 2.15. The molecule has 10 nitrogen and oxygen atoms in total. The standard InChI is InChI=1S/C44H62N4O6/c1-36(19-22-42(49)52-33-39-13-7-4-8-14-39)46-27-25-45-26-28-47(37(2)20-23-43(50)53-34-40-15-9-5-10-16-40)30-32-48(31-29-46)38(3)21-24-44(51)54-35-41-17-11-6-12-18-41/h4-18,36-38,45H,19-35H2,1-3H3. The van der Waals surface area contributed by atoms with Gasteiger partial charge in [-0.25, -0.2) is 0 Å². The summed E-state index contributed by atoms with van der Waals surface area (Å²) in [5.41, 5.74) is 2.95. The van der Waals surface area contributed by atoms with Gasteiger partial charge in [0.05, 0.1) is 0 Å². The largest absolute Gasteiger partial charge is 0.461 e. The van der Waals surface area contributed by atoms with E-state index in [2.05, 4.69) is 40.8 Å². The summed E-state index contributed by atoms with van der Waals surface area (Å²) >= 11 is 0. The van der Waals surface area contributed by atoms with Crippen LogP contribution in [0.1, 0.15) is 76.0 Å². The van der Waals surface area contributed by atoms with E-state index in [0.29, 0.717) is 38.9 Å². The number of carbonyl (C=O) groups is 3. The summed E-state index contributed by atoms with van der Waals surface area (Å²) in [6.07, 6.45) is 3.22. The SMILES string of the molecule is CC(CCC(=O)OCc1ccccc1)N1CCNCCN(C(C)CCC(=O)OCc2ccccc2)CCN(C(C)CCC(=O)OCc2ccccc2)CC1. The summed E-state index contributed by atoms with van der Waals surface area (Å²) in [5, 5.41) is 3.64. The molecule has 294 valence electrons.